The van der Waals surface area contributed by atoms with E-state index < -0.39 is 46.4 Å². The van der Waals surface area contributed by atoms with E-state index in [2.05, 4.69) is 10.6 Å². The summed E-state index contributed by atoms with van der Waals surface area (Å²) >= 11 is 0. The summed E-state index contributed by atoms with van der Waals surface area (Å²) in [6, 6.07) is 4.81. The number of halogens is 5. The number of nitrogens with zero attached hydrogens (tertiary/aromatic N) is 1. The molecule has 0 saturated heterocycles. The maximum Gasteiger partial charge on any atom is 0.423 e. The lowest BCUT2D eigenvalue weighted by molar-refractivity contribution is -0.388. The number of alkyl halides is 3. The van der Waals surface area contributed by atoms with E-state index in [9.17, 15) is 36.9 Å². The first kappa shape index (κ1) is 19.1. The molecule has 0 spiro atoms. The highest BCUT2D eigenvalue weighted by molar-refractivity contribution is 5.93. The van der Waals surface area contributed by atoms with Gasteiger partial charge in [-0.2, -0.15) is 13.2 Å². The fourth-order valence-electron chi connectivity index (χ4n) is 1.99. The molecule has 0 radical (unpaired) electrons. The zero-order valence-electron chi connectivity index (χ0n) is 12.7. The highest BCUT2D eigenvalue weighted by Crippen LogP contribution is 2.37. The number of nitro benzene ring substituents is 1. The Kier molecular flexibility index (Phi) is 5.38. The van der Waals surface area contributed by atoms with Crippen LogP contribution < -0.4 is 10.6 Å². The van der Waals surface area contributed by atoms with Crippen LogP contribution >= 0.6 is 0 Å². The maximum atomic E-state index is 13.0. The molecule has 2 aromatic rings. The third kappa shape index (κ3) is 4.65. The van der Waals surface area contributed by atoms with E-state index in [0.29, 0.717) is 12.1 Å². The lowest BCUT2D eigenvalue weighted by Crippen LogP contribution is -2.22. The highest BCUT2D eigenvalue weighted by Gasteiger charge is 2.38. The molecule has 0 atom stereocenters. The molecule has 0 aromatic heterocycles. The molecule has 0 bridgehead atoms. The van der Waals surface area contributed by atoms with Crippen LogP contribution in [0.3, 0.4) is 0 Å². The SMILES string of the molecule is O=C(CNc1ccc([N+](=O)[O-])c(C(F)(F)F)c1)Nc1ccc(F)c(F)c1. The predicted molar refractivity (Wildman–Crippen MR) is 81.6 cm³/mol. The van der Waals surface area contributed by atoms with Gasteiger partial charge in [-0.15, -0.1) is 0 Å². The topological polar surface area (TPSA) is 84.3 Å². The van der Waals surface area contributed by atoms with Crippen molar-refractivity contribution in [1.82, 2.24) is 0 Å². The van der Waals surface area contributed by atoms with Crippen molar-refractivity contribution in [3.05, 3.63) is 63.7 Å². The Morgan fingerprint density at radius 2 is 1.69 bits per heavy atom. The molecular formula is C15H10F5N3O3. The molecule has 0 aliphatic carbocycles. The molecule has 138 valence electrons. The lowest BCUT2D eigenvalue weighted by Gasteiger charge is -2.11. The molecule has 0 aliphatic heterocycles. The summed E-state index contributed by atoms with van der Waals surface area (Å²) in [5, 5.41) is 15.2. The molecule has 26 heavy (non-hydrogen) atoms. The van der Waals surface area contributed by atoms with Gasteiger partial charge in [0.25, 0.3) is 5.69 Å². The number of hydrogen-bond donors (Lipinski definition) is 2. The largest absolute Gasteiger partial charge is 0.423 e. The van der Waals surface area contributed by atoms with E-state index in [1.165, 1.54) is 0 Å². The molecule has 2 aromatic carbocycles. The fraction of sp³-hybridized carbons (Fsp3) is 0.133. The van der Waals surface area contributed by atoms with Crippen LogP contribution in [0.5, 0.6) is 0 Å². The number of nitro groups is 1. The second-order valence-electron chi connectivity index (χ2n) is 5.02. The van der Waals surface area contributed by atoms with Crippen molar-refractivity contribution in [2.45, 2.75) is 6.18 Å². The summed E-state index contributed by atoms with van der Waals surface area (Å²) in [4.78, 5) is 21.2. The molecule has 1 amide bonds. The second kappa shape index (κ2) is 7.33. The van der Waals surface area contributed by atoms with E-state index in [0.717, 1.165) is 24.3 Å². The Morgan fingerprint density at radius 1 is 1.04 bits per heavy atom. The standard InChI is InChI=1S/C15H10F5N3O3/c16-11-3-1-9(6-12(11)17)22-14(24)7-21-8-2-4-13(23(25)26)10(5-8)15(18,19)20/h1-6,21H,7H2,(H,22,24). The first-order valence-electron chi connectivity index (χ1n) is 6.92. The minimum Gasteiger partial charge on any atom is -0.376 e. The number of benzene rings is 2. The van der Waals surface area contributed by atoms with E-state index in [1.807, 2.05) is 0 Å². The van der Waals surface area contributed by atoms with Gasteiger partial charge in [-0.3, -0.25) is 14.9 Å². The summed E-state index contributed by atoms with van der Waals surface area (Å²) in [5.41, 5.74) is -2.80. The van der Waals surface area contributed by atoms with Gasteiger partial charge in [0.2, 0.25) is 5.91 Å². The van der Waals surface area contributed by atoms with Crippen molar-refractivity contribution in [3.63, 3.8) is 0 Å². The molecule has 2 N–H and O–H groups in total. The minimum absolute atomic E-state index is 0.0459. The molecule has 6 nitrogen and oxygen atoms in total. The summed E-state index contributed by atoms with van der Waals surface area (Å²) in [5.74, 6) is -3.03. The van der Waals surface area contributed by atoms with Crippen molar-refractivity contribution in [2.75, 3.05) is 17.2 Å². The second-order valence-corrected chi connectivity index (χ2v) is 5.02. The van der Waals surface area contributed by atoms with Crippen LogP contribution in [0.2, 0.25) is 0 Å². The van der Waals surface area contributed by atoms with Gasteiger partial charge in [-0.05, 0) is 24.3 Å². The molecule has 0 heterocycles. The Balaban J connectivity index is 2.07. The number of anilines is 2. The Hall–Kier alpha value is -3.24. The van der Waals surface area contributed by atoms with Crippen LogP contribution in [0.1, 0.15) is 5.56 Å². The number of rotatable bonds is 5. The number of carbonyl (C=O) groups excluding carboxylic acids is 1. The molecule has 0 unspecified atom stereocenters. The first-order valence-corrected chi connectivity index (χ1v) is 6.92. The van der Waals surface area contributed by atoms with Crippen LogP contribution in [0.15, 0.2) is 36.4 Å². The molecular weight excluding hydrogens is 365 g/mol. The summed E-state index contributed by atoms with van der Waals surface area (Å²) in [6.07, 6.45) is -4.95. The smallest absolute Gasteiger partial charge is 0.376 e. The van der Waals surface area contributed by atoms with Crippen LogP contribution in [0.25, 0.3) is 0 Å². The zero-order valence-corrected chi connectivity index (χ0v) is 12.7. The summed E-state index contributed by atoms with van der Waals surface area (Å²) in [6.45, 7) is -0.506. The van der Waals surface area contributed by atoms with Gasteiger partial charge in [0.15, 0.2) is 11.6 Å². The van der Waals surface area contributed by atoms with Gasteiger partial charge in [0.1, 0.15) is 5.56 Å². The number of hydrogen-bond acceptors (Lipinski definition) is 4. The van der Waals surface area contributed by atoms with Gasteiger partial charge in [0.05, 0.1) is 11.5 Å². The van der Waals surface area contributed by atoms with Gasteiger partial charge >= 0.3 is 6.18 Å². The summed E-state index contributed by atoms with van der Waals surface area (Å²) in [7, 11) is 0. The lowest BCUT2D eigenvalue weighted by atomic mass is 10.1. The fourth-order valence-corrected chi connectivity index (χ4v) is 1.99. The molecule has 11 heteroatoms. The molecule has 0 saturated carbocycles. The average Bonchev–Trinajstić information content (AvgIpc) is 2.55. The van der Waals surface area contributed by atoms with Crippen molar-refractivity contribution in [2.24, 2.45) is 0 Å². The first-order chi connectivity index (χ1) is 12.1. The number of carbonyl (C=O) groups is 1. The monoisotopic (exact) mass is 375 g/mol. The molecule has 0 aliphatic rings. The van der Waals surface area contributed by atoms with Crippen LogP contribution in [0, 0.1) is 21.7 Å². The zero-order chi connectivity index (χ0) is 19.5. The predicted octanol–water partition coefficient (Wildman–Crippen LogP) is 3.94. The third-order valence-corrected chi connectivity index (χ3v) is 3.16. The Labute approximate surface area is 142 Å². The van der Waals surface area contributed by atoms with Crippen molar-refractivity contribution >= 4 is 23.0 Å². The van der Waals surface area contributed by atoms with Crippen molar-refractivity contribution < 1.29 is 31.7 Å². The van der Waals surface area contributed by atoms with E-state index in [4.69, 9.17) is 0 Å². The normalized spacial score (nSPS) is 11.1. The quantitative estimate of drug-likeness (QED) is 0.471. The van der Waals surface area contributed by atoms with Gasteiger partial charge in [-0.25, -0.2) is 8.78 Å². The van der Waals surface area contributed by atoms with Crippen molar-refractivity contribution in [3.8, 4) is 0 Å². The van der Waals surface area contributed by atoms with E-state index >= 15 is 0 Å². The number of amides is 1. The third-order valence-electron chi connectivity index (χ3n) is 3.16. The van der Waals surface area contributed by atoms with Gasteiger partial charge < -0.3 is 10.6 Å². The average molecular weight is 375 g/mol. The van der Waals surface area contributed by atoms with Gasteiger partial charge in [0, 0.05) is 23.5 Å². The number of nitrogens with one attached hydrogen (secondary N) is 2. The maximum absolute atomic E-state index is 13.0. The van der Waals surface area contributed by atoms with Crippen LogP contribution in [-0.4, -0.2) is 17.4 Å². The molecule has 2 rings (SSSR count). The highest BCUT2D eigenvalue weighted by atomic mass is 19.4. The van der Waals surface area contributed by atoms with E-state index in [-0.39, 0.29) is 11.4 Å². The Morgan fingerprint density at radius 3 is 2.27 bits per heavy atom. The molecule has 0 fully saturated rings. The minimum atomic E-state index is -4.95. The van der Waals surface area contributed by atoms with E-state index in [1.54, 1.807) is 0 Å². The van der Waals surface area contributed by atoms with Crippen LogP contribution in [0.4, 0.5) is 39.0 Å². The Bertz CT molecular complexity index is 855. The van der Waals surface area contributed by atoms with Crippen LogP contribution in [-0.2, 0) is 11.0 Å². The summed E-state index contributed by atoms with van der Waals surface area (Å²) < 4.78 is 64.4. The van der Waals surface area contributed by atoms with Crippen molar-refractivity contribution in [1.29, 1.82) is 0 Å². The van der Waals surface area contributed by atoms with Gasteiger partial charge in [-0.1, -0.05) is 0 Å².